The zero-order valence-electron chi connectivity index (χ0n) is 16.1. The van der Waals surface area contributed by atoms with E-state index in [-0.39, 0.29) is 11.9 Å². The molecule has 0 radical (unpaired) electrons. The Bertz CT molecular complexity index is 787. The van der Waals surface area contributed by atoms with Crippen molar-refractivity contribution in [2.24, 2.45) is 7.05 Å². The molecule has 0 atom stereocenters. The first kappa shape index (κ1) is 18.2. The second-order valence-electron chi connectivity index (χ2n) is 7.87. The van der Waals surface area contributed by atoms with Crippen LogP contribution in [0.4, 0.5) is 5.82 Å². The van der Waals surface area contributed by atoms with Gasteiger partial charge in [0.1, 0.15) is 5.82 Å². The van der Waals surface area contributed by atoms with E-state index < -0.39 is 0 Å². The molecule has 1 aliphatic heterocycles. The molecule has 146 valence electrons. The van der Waals surface area contributed by atoms with E-state index in [1.54, 1.807) is 4.68 Å². The van der Waals surface area contributed by atoms with Crippen LogP contribution in [-0.4, -0.2) is 45.8 Å². The van der Waals surface area contributed by atoms with Gasteiger partial charge in [-0.25, -0.2) is 9.67 Å². The molecule has 7 heteroatoms. The van der Waals surface area contributed by atoms with Crippen molar-refractivity contribution in [1.82, 2.24) is 25.4 Å². The number of hydrogen-bond donors (Lipinski definition) is 3. The predicted molar refractivity (Wildman–Crippen MR) is 107 cm³/mol. The number of nitrogens with zero attached hydrogens (tertiary/aromatic N) is 3. The second kappa shape index (κ2) is 8.25. The van der Waals surface area contributed by atoms with Crippen LogP contribution in [0.2, 0.25) is 0 Å². The number of rotatable bonds is 4. The molecule has 3 N–H and O–H groups in total. The first-order chi connectivity index (χ1) is 13.2. The maximum atomic E-state index is 12.7. The summed E-state index contributed by atoms with van der Waals surface area (Å²) in [5.74, 6) is 0.779. The van der Waals surface area contributed by atoms with Crippen LogP contribution in [0.25, 0.3) is 11.0 Å². The summed E-state index contributed by atoms with van der Waals surface area (Å²) < 4.78 is 1.71. The summed E-state index contributed by atoms with van der Waals surface area (Å²) in [5, 5.41) is 15.3. The number of anilines is 1. The van der Waals surface area contributed by atoms with Crippen molar-refractivity contribution in [2.45, 2.75) is 63.5 Å². The number of pyridine rings is 1. The van der Waals surface area contributed by atoms with Gasteiger partial charge in [0.2, 0.25) is 0 Å². The van der Waals surface area contributed by atoms with Gasteiger partial charge < -0.3 is 16.0 Å². The van der Waals surface area contributed by atoms with E-state index in [4.69, 9.17) is 4.98 Å². The molecule has 1 amide bonds. The highest BCUT2D eigenvalue weighted by atomic mass is 16.2. The lowest BCUT2D eigenvalue weighted by Crippen LogP contribution is -2.42. The summed E-state index contributed by atoms with van der Waals surface area (Å²) in [5.41, 5.74) is 1.23. The lowest BCUT2D eigenvalue weighted by molar-refractivity contribution is 0.0925. The normalized spacial score (nSPS) is 19.7. The summed E-state index contributed by atoms with van der Waals surface area (Å²) in [6.45, 7) is 1.90. The number of hydrogen-bond acceptors (Lipinski definition) is 5. The summed E-state index contributed by atoms with van der Waals surface area (Å²) in [4.78, 5) is 17.5. The smallest absolute Gasteiger partial charge is 0.272 e. The SMILES string of the molecule is Cn1nc(C(=O)NC2CCNCC2)c2ccc(NC3CCCCCC3)nc21. The number of amides is 1. The Kier molecular flexibility index (Phi) is 5.57. The van der Waals surface area contributed by atoms with Crippen molar-refractivity contribution in [3.05, 3.63) is 17.8 Å². The van der Waals surface area contributed by atoms with Crippen molar-refractivity contribution in [3.8, 4) is 0 Å². The topological polar surface area (TPSA) is 83.9 Å². The Morgan fingerprint density at radius 3 is 2.56 bits per heavy atom. The molecule has 1 aliphatic carbocycles. The van der Waals surface area contributed by atoms with Crippen molar-refractivity contribution >= 4 is 22.8 Å². The molecule has 3 heterocycles. The van der Waals surface area contributed by atoms with Crippen LogP contribution in [-0.2, 0) is 7.05 Å². The van der Waals surface area contributed by atoms with Crippen LogP contribution in [0.15, 0.2) is 12.1 Å². The van der Waals surface area contributed by atoms with E-state index in [2.05, 4.69) is 21.0 Å². The number of aromatic nitrogens is 3. The van der Waals surface area contributed by atoms with Crippen LogP contribution in [0.5, 0.6) is 0 Å². The number of carbonyl (C=O) groups is 1. The average Bonchev–Trinajstić information content (AvgIpc) is 2.84. The van der Waals surface area contributed by atoms with Gasteiger partial charge in [-0.15, -0.1) is 0 Å². The molecule has 1 saturated heterocycles. The Balaban J connectivity index is 1.50. The van der Waals surface area contributed by atoms with Crippen LogP contribution in [0.1, 0.15) is 61.9 Å². The highest BCUT2D eigenvalue weighted by Gasteiger charge is 2.22. The average molecular weight is 371 g/mol. The molecular weight excluding hydrogens is 340 g/mol. The molecular formula is C20H30N6O. The monoisotopic (exact) mass is 370 g/mol. The molecule has 1 saturated carbocycles. The first-order valence-electron chi connectivity index (χ1n) is 10.3. The third kappa shape index (κ3) is 4.24. The van der Waals surface area contributed by atoms with Gasteiger partial charge >= 0.3 is 0 Å². The Morgan fingerprint density at radius 2 is 1.81 bits per heavy atom. The van der Waals surface area contributed by atoms with Crippen molar-refractivity contribution < 1.29 is 4.79 Å². The highest BCUT2D eigenvalue weighted by Crippen LogP contribution is 2.23. The minimum absolute atomic E-state index is 0.0984. The summed E-state index contributed by atoms with van der Waals surface area (Å²) >= 11 is 0. The largest absolute Gasteiger partial charge is 0.367 e. The fourth-order valence-corrected chi connectivity index (χ4v) is 4.23. The molecule has 2 aliphatic rings. The minimum atomic E-state index is -0.0984. The van der Waals surface area contributed by atoms with Gasteiger partial charge in [-0.2, -0.15) is 5.10 Å². The minimum Gasteiger partial charge on any atom is -0.367 e. The quantitative estimate of drug-likeness (QED) is 0.721. The van der Waals surface area contributed by atoms with Gasteiger partial charge in [0.05, 0.1) is 5.39 Å². The van der Waals surface area contributed by atoms with E-state index in [1.165, 1.54) is 38.5 Å². The molecule has 27 heavy (non-hydrogen) atoms. The van der Waals surface area contributed by atoms with Gasteiger partial charge in [0.25, 0.3) is 5.91 Å². The Hall–Kier alpha value is -2.15. The maximum Gasteiger partial charge on any atom is 0.272 e. The van der Waals surface area contributed by atoms with Gasteiger partial charge in [0.15, 0.2) is 11.3 Å². The Morgan fingerprint density at radius 1 is 1.07 bits per heavy atom. The van der Waals surface area contributed by atoms with Gasteiger partial charge in [0, 0.05) is 19.1 Å². The van der Waals surface area contributed by atoms with Crippen molar-refractivity contribution in [2.75, 3.05) is 18.4 Å². The summed E-state index contributed by atoms with van der Waals surface area (Å²) in [6, 6.07) is 4.68. The van der Waals surface area contributed by atoms with E-state index in [9.17, 15) is 4.79 Å². The van der Waals surface area contributed by atoms with Gasteiger partial charge in [-0.05, 0) is 50.9 Å². The lowest BCUT2D eigenvalue weighted by atomic mass is 10.1. The van der Waals surface area contributed by atoms with E-state index >= 15 is 0 Å². The van der Waals surface area contributed by atoms with Crippen molar-refractivity contribution in [1.29, 1.82) is 0 Å². The second-order valence-corrected chi connectivity index (χ2v) is 7.87. The zero-order valence-corrected chi connectivity index (χ0v) is 16.1. The zero-order chi connectivity index (χ0) is 18.6. The molecule has 0 aromatic carbocycles. The van der Waals surface area contributed by atoms with Crippen LogP contribution >= 0.6 is 0 Å². The molecule has 7 nitrogen and oxygen atoms in total. The molecule has 2 aromatic heterocycles. The number of aryl methyl sites for hydroxylation is 1. The molecule has 4 rings (SSSR count). The van der Waals surface area contributed by atoms with Gasteiger partial charge in [-0.3, -0.25) is 4.79 Å². The summed E-state index contributed by atoms with van der Waals surface area (Å²) in [6.07, 6.45) is 9.57. The third-order valence-corrected chi connectivity index (χ3v) is 5.78. The highest BCUT2D eigenvalue weighted by molar-refractivity contribution is 6.04. The first-order valence-corrected chi connectivity index (χ1v) is 10.3. The molecule has 0 bridgehead atoms. The van der Waals surface area contributed by atoms with Gasteiger partial charge in [-0.1, -0.05) is 25.7 Å². The standard InChI is InChI=1S/C20H30N6O/c1-26-19-16(18(25-26)20(27)23-15-10-12-21-13-11-15)8-9-17(24-19)22-14-6-4-2-3-5-7-14/h8-9,14-15,21H,2-7,10-13H2,1H3,(H,22,24)(H,23,27). The van der Waals surface area contributed by atoms with E-state index in [0.29, 0.717) is 11.7 Å². The number of carbonyl (C=O) groups excluding carboxylic acids is 1. The number of nitrogens with one attached hydrogen (secondary N) is 3. The molecule has 2 aromatic rings. The fourth-order valence-electron chi connectivity index (χ4n) is 4.23. The lowest BCUT2D eigenvalue weighted by Gasteiger charge is -2.23. The van der Waals surface area contributed by atoms with Crippen LogP contribution in [0, 0.1) is 0 Å². The molecule has 2 fully saturated rings. The third-order valence-electron chi connectivity index (χ3n) is 5.78. The Labute approximate surface area is 160 Å². The number of fused-ring (bicyclic) bond motifs is 1. The predicted octanol–water partition coefficient (Wildman–Crippen LogP) is 2.58. The molecule has 0 spiro atoms. The fraction of sp³-hybridized carbons (Fsp3) is 0.650. The number of piperidine rings is 1. The van der Waals surface area contributed by atoms with E-state index in [0.717, 1.165) is 42.8 Å². The van der Waals surface area contributed by atoms with E-state index in [1.807, 2.05) is 19.2 Å². The maximum absolute atomic E-state index is 12.7. The van der Waals surface area contributed by atoms with Crippen molar-refractivity contribution in [3.63, 3.8) is 0 Å². The van der Waals surface area contributed by atoms with Crippen LogP contribution < -0.4 is 16.0 Å². The molecule has 0 unspecified atom stereocenters. The van der Waals surface area contributed by atoms with Crippen LogP contribution in [0.3, 0.4) is 0 Å². The summed E-state index contributed by atoms with van der Waals surface area (Å²) in [7, 11) is 1.85.